The zero-order valence-electron chi connectivity index (χ0n) is 10.6. The van der Waals surface area contributed by atoms with Crippen molar-refractivity contribution in [3.8, 4) is 0 Å². The first-order valence-corrected chi connectivity index (χ1v) is 6.00. The summed E-state index contributed by atoms with van der Waals surface area (Å²) in [6.45, 7) is 11.1. The Balaban J connectivity index is 2.41. The molecule has 16 heavy (non-hydrogen) atoms. The average molecular weight is 227 g/mol. The standard InChI is InChI=1S/C12H23N2O2/c1-4-15-10-8-13-6-7-14(12(13)3)9-11-16-5-2/h6-7H,4-5,8-11H2,1-3H3/q+1. The van der Waals surface area contributed by atoms with Crippen molar-refractivity contribution in [3.63, 3.8) is 0 Å². The molecular weight excluding hydrogens is 204 g/mol. The topological polar surface area (TPSA) is 27.3 Å². The fourth-order valence-corrected chi connectivity index (χ4v) is 1.63. The minimum atomic E-state index is 0.775. The van der Waals surface area contributed by atoms with Gasteiger partial charge >= 0.3 is 0 Å². The molecule has 0 N–H and O–H groups in total. The molecule has 1 heterocycles. The predicted octanol–water partition coefficient (Wildman–Crippen LogP) is 1.16. The van der Waals surface area contributed by atoms with Crippen LogP contribution in [0, 0.1) is 6.92 Å². The number of imidazole rings is 1. The summed E-state index contributed by atoms with van der Waals surface area (Å²) in [5.74, 6) is 1.25. The van der Waals surface area contributed by atoms with Gasteiger partial charge in [-0.05, 0) is 13.8 Å². The van der Waals surface area contributed by atoms with E-state index < -0.39 is 0 Å². The van der Waals surface area contributed by atoms with E-state index in [0.717, 1.165) is 39.5 Å². The Morgan fingerprint density at radius 2 is 1.88 bits per heavy atom. The SMILES string of the molecule is CCOCCn1cc[n+](CCOCC)c1C. The number of hydrogen-bond acceptors (Lipinski definition) is 2. The van der Waals surface area contributed by atoms with E-state index in [0.29, 0.717) is 0 Å². The Morgan fingerprint density at radius 1 is 1.19 bits per heavy atom. The van der Waals surface area contributed by atoms with Gasteiger partial charge in [0.2, 0.25) is 0 Å². The monoisotopic (exact) mass is 227 g/mol. The van der Waals surface area contributed by atoms with Gasteiger partial charge in [0.05, 0.1) is 13.2 Å². The fraction of sp³-hybridized carbons (Fsp3) is 0.750. The number of rotatable bonds is 8. The van der Waals surface area contributed by atoms with Gasteiger partial charge in [0.1, 0.15) is 25.5 Å². The minimum Gasteiger partial charge on any atom is -0.378 e. The number of hydrogen-bond donors (Lipinski definition) is 0. The lowest BCUT2D eigenvalue weighted by Crippen LogP contribution is -2.37. The van der Waals surface area contributed by atoms with Crippen molar-refractivity contribution in [2.75, 3.05) is 26.4 Å². The van der Waals surface area contributed by atoms with Gasteiger partial charge in [-0.3, -0.25) is 0 Å². The molecule has 0 saturated carbocycles. The van der Waals surface area contributed by atoms with Gasteiger partial charge in [-0.2, -0.15) is 0 Å². The van der Waals surface area contributed by atoms with Crippen LogP contribution in [0.5, 0.6) is 0 Å². The molecule has 4 heteroatoms. The minimum absolute atomic E-state index is 0.775. The van der Waals surface area contributed by atoms with Crippen LogP contribution in [0.2, 0.25) is 0 Å². The quantitative estimate of drug-likeness (QED) is 0.492. The lowest BCUT2D eigenvalue weighted by molar-refractivity contribution is -0.703. The predicted molar refractivity (Wildman–Crippen MR) is 62.4 cm³/mol. The largest absolute Gasteiger partial charge is 0.378 e. The molecule has 92 valence electrons. The number of ether oxygens (including phenoxy) is 2. The van der Waals surface area contributed by atoms with Crippen molar-refractivity contribution >= 4 is 0 Å². The summed E-state index contributed by atoms with van der Waals surface area (Å²) < 4.78 is 15.1. The average Bonchev–Trinajstić information content (AvgIpc) is 2.62. The van der Waals surface area contributed by atoms with E-state index in [9.17, 15) is 0 Å². The van der Waals surface area contributed by atoms with Crippen LogP contribution in [0.3, 0.4) is 0 Å². The second-order valence-corrected chi connectivity index (χ2v) is 3.63. The third kappa shape index (κ3) is 3.94. The molecule has 0 radical (unpaired) electrons. The van der Waals surface area contributed by atoms with Gasteiger partial charge < -0.3 is 9.47 Å². The summed E-state index contributed by atoms with van der Waals surface area (Å²) in [4.78, 5) is 0. The van der Waals surface area contributed by atoms with Crippen LogP contribution in [-0.4, -0.2) is 31.0 Å². The first kappa shape index (κ1) is 13.2. The highest BCUT2D eigenvalue weighted by Gasteiger charge is 2.11. The molecule has 0 aliphatic heterocycles. The van der Waals surface area contributed by atoms with Crippen LogP contribution in [0.4, 0.5) is 0 Å². The molecule has 0 spiro atoms. The zero-order chi connectivity index (χ0) is 11.8. The lowest BCUT2D eigenvalue weighted by Gasteiger charge is -2.02. The maximum atomic E-state index is 5.35. The lowest BCUT2D eigenvalue weighted by atomic mass is 10.5. The molecule has 0 saturated heterocycles. The first-order valence-electron chi connectivity index (χ1n) is 6.00. The van der Waals surface area contributed by atoms with E-state index in [2.05, 4.69) is 28.5 Å². The highest BCUT2D eigenvalue weighted by molar-refractivity contribution is 4.79. The molecule has 0 unspecified atom stereocenters. The Bertz CT molecular complexity index is 270. The van der Waals surface area contributed by atoms with E-state index >= 15 is 0 Å². The molecular formula is C12H23N2O2+. The van der Waals surface area contributed by atoms with Crippen LogP contribution >= 0.6 is 0 Å². The van der Waals surface area contributed by atoms with Crippen molar-refractivity contribution in [2.45, 2.75) is 33.9 Å². The summed E-state index contributed by atoms with van der Waals surface area (Å²) in [7, 11) is 0. The van der Waals surface area contributed by atoms with Gasteiger partial charge in [0.15, 0.2) is 0 Å². The summed E-state index contributed by atoms with van der Waals surface area (Å²) >= 11 is 0. The summed E-state index contributed by atoms with van der Waals surface area (Å²) in [5.41, 5.74) is 0. The van der Waals surface area contributed by atoms with E-state index in [1.54, 1.807) is 0 Å². The highest BCUT2D eigenvalue weighted by atomic mass is 16.5. The molecule has 1 rings (SSSR count). The van der Waals surface area contributed by atoms with E-state index in [4.69, 9.17) is 9.47 Å². The van der Waals surface area contributed by atoms with Crippen LogP contribution in [0.15, 0.2) is 12.4 Å². The second-order valence-electron chi connectivity index (χ2n) is 3.63. The Labute approximate surface area is 97.8 Å². The van der Waals surface area contributed by atoms with Crippen LogP contribution < -0.4 is 4.57 Å². The zero-order valence-corrected chi connectivity index (χ0v) is 10.6. The number of aromatic nitrogens is 2. The van der Waals surface area contributed by atoms with E-state index in [1.807, 2.05) is 13.8 Å². The maximum absolute atomic E-state index is 5.35. The summed E-state index contributed by atoms with van der Waals surface area (Å²) in [6, 6.07) is 0. The summed E-state index contributed by atoms with van der Waals surface area (Å²) in [6.07, 6.45) is 4.20. The molecule has 0 aliphatic carbocycles. The van der Waals surface area contributed by atoms with E-state index in [-0.39, 0.29) is 0 Å². The van der Waals surface area contributed by atoms with Crippen molar-refractivity contribution in [1.29, 1.82) is 0 Å². The summed E-state index contributed by atoms with van der Waals surface area (Å²) in [5, 5.41) is 0. The molecule has 0 atom stereocenters. The highest BCUT2D eigenvalue weighted by Crippen LogP contribution is 1.94. The third-order valence-corrected chi connectivity index (χ3v) is 2.62. The van der Waals surface area contributed by atoms with Gasteiger partial charge in [0.25, 0.3) is 5.82 Å². The molecule has 0 amide bonds. The number of nitrogens with zero attached hydrogens (tertiary/aromatic N) is 2. The van der Waals surface area contributed by atoms with E-state index in [1.165, 1.54) is 5.82 Å². The van der Waals surface area contributed by atoms with Gasteiger partial charge in [-0.25, -0.2) is 9.13 Å². The van der Waals surface area contributed by atoms with Crippen molar-refractivity contribution in [1.82, 2.24) is 4.57 Å². The van der Waals surface area contributed by atoms with Gasteiger partial charge in [-0.1, -0.05) is 0 Å². The Kier molecular flexibility index (Phi) is 6.11. The van der Waals surface area contributed by atoms with Crippen LogP contribution in [0.1, 0.15) is 19.7 Å². The molecule has 0 aromatic carbocycles. The van der Waals surface area contributed by atoms with Gasteiger partial charge in [0, 0.05) is 20.1 Å². The molecule has 0 fully saturated rings. The molecule has 1 aromatic rings. The Hall–Kier alpha value is -0.870. The van der Waals surface area contributed by atoms with Crippen LogP contribution in [0.25, 0.3) is 0 Å². The third-order valence-electron chi connectivity index (χ3n) is 2.62. The maximum Gasteiger partial charge on any atom is 0.253 e. The fourth-order valence-electron chi connectivity index (χ4n) is 1.63. The Morgan fingerprint density at radius 3 is 2.56 bits per heavy atom. The van der Waals surface area contributed by atoms with Crippen molar-refractivity contribution < 1.29 is 14.0 Å². The molecule has 1 aromatic heterocycles. The normalized spacial score (nSPS) is 10.9. The first-order chi connectivity index (χ1) is 7.79. The van der Waals surface area contributed by atoms with Crippen molar-refractivity contribution in [3.05, 3.63) is 18.2 Å². The van der Waals surface area contributed by atoms with Crippen molar-refractivity contribution in [2.24, 2.45) is 0 Å². The molecule has 0 bridgehead atoms. The van der Waals surface area contributed by atoms with Gasteiger partial charge in [-0.15, -0.1) is 0 Å². The molecule has 4 nitrogen and oxygen atoms in total. The van der Waals surface area contributed by atoms with Crippen LogP contribution in [-0.2, 0) is 22.6 Å². The molecule has 0 aliphatic rings. The second kappa shape index (κ2) is 7.41. The smallest absolute Gasteiger partial charge is 0.253 e.